The van der Waals surface area contributed by atoms with E-state index in [9.17, 15) is 9.59 Å². The second kappa shape index (κ2) is 7.25. The maximum Gasteiger partial charge on any atom is 0.260 e. The Labute approximate surface area is 159 Å². The monoisotopic (exact) mass is 385 g/mol. The zero-order valence-corrected chi connectivity index (χ0v) is 16.1. The van der Waals surface area contributed by atoms with Gasteiger partial charge in [-0.3, -0.25) is 9.59 Å². The van der Waals surface area contributed by atoms with Crippen LogP contribution in [0.3, 0.4) is 0 Å². The van der Waals surface area contributed by atoms with E-state index in [0.717, 1.165) is 37.1 Å². The van der Waals surface area contributed by atoms with Crippen molar-refractivity contribution in [2.75, 3.05) is 18.8 Å². The number of likely N-dealkylation sites (tertiary alicyclic amines) is 1. The smallest absolute Gasteiger partial charge is 0.260 e. The van der Waals surface area contributed by atoms with Gasteiger partial charge in [-0.15, -0.1) is 11.3 Å². The number of aromatic nitrogens is 2. The Morgan fingerprint density at radius 3 is 2.73 bits per heavy atom. The van der Waals surface area contributed by atoms with Crippen molar-refractivity contribution >= 4 is 39.2 Å². The van der Waals surface area contributed by atoms with E-state index >= 15 is 0 Å². The molecule has 1 aliphatic heterocycles. The summed E-state index contributed by atoms with van der Waals surface area (Å²) in [6.07, 6.45) is 2.16. The van der Waals surface area contributed by atoms with Crippen molar-refractivity contribution in [1.82, 2.24) is 14.9 Å². The van der Waals surface area contributed by atoms with Crippen LogP contribution in [0.4, 0.5) is 0 Å². The number of aromatic amines is 1. The zero-order valence-electron chi connectivity index (χ0n) is 14.4. The summed E-state index contributed by atoms with van der Waals surface area (Å²) in [5.74, 6) is 0.423. The molecule has 0 saturated carbocycles. The maximum absolute atomic E-state index is 12.6. The summed E-state index contributed by atoms with van der Waals surface area (Å²) in [6.45, 7) is 3.72. The number of thiophene rings is 1. The van der Waals surface area contributed by atoms with E-state index in [1.54, 1.807) is 0 Å². The number of hydrogen-bond acceptors (Lipinski definition) is 5. The summed E-state index contributed by atoms with van der Waals surface area (Å²) in [6, 6.07) is 8.12. The lowest BCUT2D eigenvalue weighted by Gasteiger charge is -2.14. The van der Waals surface area contributed by atoms with Crippen molar-refractivity contribution in [1.29, 1.82) is 0 Å². The fraction of sp³-hybridized carbons (Fsp3) is 0.316. The summed E-state index contributed by atoms with van der Waals surface area (Å²) in [4.78, 5) is 34.8. The Morgan fingerprint density at radius 2 is 2.00 bits per heavy atom. The first kappa shape index (κ1) is 17.3. The normalized spacial score (nSPS) is 14.3. The number of benzene rings is 1. The van der Waals surface area contributed by atoms with Gasteiger partial charge in [-0.05, 0) is 25.3 Å². The van der Waals surface area contributed by atoms with Gasteiger partial charge in [0.15, 0.2) is 5.16 Å². The standard InChI is InChI=1S/C19H19N3O2S2/c1-12-4-6-13(7-5-12)14-10-25-18-16(14)17(24)20-19(21-18)26-11-15(23)22-8-2-3-9-22/h4-7,10H,2-3,8-9,11H2,1H3,(H,20,21,24). The number of carbonyl (C=O) groups is 1. The number of amides is 1. The summed E-state index contributed by atoms with van der Waals surface area (Å²) in [7, 11) is 0. The van der Waals surface area contributed by atoms with Crippen molar-refractivity contribution < 1.29 is 4.79 Å². The van der Waals surface area contributed by atoms with Crippen LogP contribution in [0.1, 0.15) is 18.4 Å². The minimum Gasteiger partial charge on any atom is -0.342 e. The molecule has 1 saturated heterocycles. The lowest BCUT2D eigenvalue weighted by atomic mass is 10.1. The quantitative estimate of drug-likeness (QED) is 0.550. The fourth-order valence-corrected chi connectivity index (χ4v) is 4.90. The summed E-state index contributed by atoms with van der Waals surface area (Å²) in [5.41, 5.74) is 2.95. The van der Waals surface area contributed by atoms with Gasteiger partial charge >= 0.3 is 0 Å². The molecular weight excluding hydrogens is 366 g/mol. The molecule has 0 radical (unpaired) electrons. The van der Waals surface area contributed by atoms with E-state index < -0.39 is 0 Å². The Kier molecular flexibility index (Phi) is 4.82. The van der Waals surface area contributed by atoms with Crippen molar-refractivity contribution in [2.24, 2.45) is 0 Å². The molecule has 3 aromatic rings. The highest BCUT2D eigenvalue weighted by Gasteiger charge is 2.19. The van der Waals surface area contributed by atoms with Crippen LogP contribution in [0, 0.1) is 6.92 Å². The van der Waals surface area contributed by atoms with Gasteiger partial charge in [0.05, 0.1) is 11.1 Å². The molecule has 1 aromatic carbocycles. The van der Waals surface area contributed by atoms with Crippen LogP contribution < -0.4 is 5.56 Å². The second-order valence-corrected chi connectivity index (χ2v) is 8.27. The van der Waals surface area contributed by atoms with Crippen LogP contribution >= 0.6 is 23.1 Å². The first-order chi connectivity index (χ1) is 12.6. The van der Waals surface area contributed by atoms with E-state index in [2.05, 4.69) is 9.97 Å². The Bertz CT molecular complexity index is 1000. The van der Waals surface area contributed by atoms with Crippen LogP contribution in [0.15, 0.2) is 39.6 Å². The molecule has 0 atom stereocenters. The molecule has 1 aliphatic rings. The third-order valence-corrected chi connectivity index (χ3v) is 6.31. The molecule has 4 rings (SSSR count). The van der Waals surface area contributed by atoms with Crippen molar-refractivity contribution in [2.45, 2.75) is 24.9 Å². The number of aryl methyl sites for hydroxylation is 1. The Morgan fingerprint density at radius 1 is 1.27 bits per heavy atom. The first-order valence-corrected chi connectivity index (χ1v) is 10.5. The van der Waals surface area contributed by atoms with Crippen LogP contribution in [-0.4, -0.2) is 39.6 Å². The van der Waals surface area contributed by atoms with Gasteiger partial charge in [-0.1, -0.05) is 41.6 Å². The zero-order chi connectivity index (χ0) is 18.1. The number of H-pyrrole nitrogens is 1. The van der Waals surface area contributed by atoms with Crippen molar-refractivity contribution in [3.63, 3.8) is 0 Å². The number of carbonyl (C=O) groups excluding carboxylic acids is 1. The summed E-state index contributed by atoms with van der Waals surface area (Å²) < 4.78 is 0. The lowest BCUT2D eigenvalue weighted by Crippen LogP contribution is -2.29. The van der Waals surface area contributed by atoms with Gasteiger partial charge in [0, 0.05) is 24.0 Å². The highest BCUT2D eigenvalue weighted by Crippen LogP contribution is 2.31. The van der Waals surface area contributed by atoms with Gasteiger partial charge in [-0.2, -0.15) is 0 Å². The molecule has 0 spiro atoms. The van der Waals surface area contributed by atoms with E-state index in [0.29, 0.717) is 21.1 Å². The van der Waals surface area contributed by atoms with Gasteiger partial charge in [0.2, 0.25) is 5.91 Å². The predicted molar refractivity (Wildman–Crippen MR) is 107 cm³/mol. The number of hydrogen-bond donors (Lipinski definition) is 1. The van der Waals surface area contributed by atoms with Gasteiger partial charge in [-0.25, -0.2) is 4.98 Å². The van der Waals surface area contributed by atoms with Gasteiger partial charge in [0.25, 0.3) is 5.56 Å². The maximum atomic E-state index is 12.6. The molecule has 26 heavy (non-hydrogen) atoms. The van der Waals surface area contributed by atoms with Crippen LogP contribution in [0.25, 0.3) is 21.3 Å². The molecule has 0 unspecified atom stereocenters. The molecule has 134 valence electrons. The van der Waals surface area contributed by atoms with E-state index in [1.165, 1.54) is 28.7 Å². The minimum absolute atomic E-state index is 0.113. The topological polar surface area (TPSA) is 66.1 Å². The van der Waals surface area contributed by atoms with Gasteiger partial charge < -0.3 is 9.88 Å². The Balaban J connectivity index is 1.58. The third-order valence-electron chi connectivity index (χ3n) is 4.58. The molecule has 5 nitrogen and oxygen atoms in total. The molecule has 0 bridgehead atoms. The summed E-state index contributed by atoms with van der Waals surface area (Å²) >= 11 is 2.76. The highest BCUT2D eigenvalue weighted by molar-refractivity contribution is 7.99. The Hall–Kier alpha value is -2.12. The predicted octanol–water partition coefficient (Wildman–Crippen LogP) is 3.67. The van der Waals surface area contributed by atoms with Crippen LogP contribution in [-0.2, 0) is 4.79 Å². The molecule has 1 fully saturated rings. The molecule has 7 heteroatoms. The molecule has 1 N–H and O–H groups in total. The van der Waals surface area contributed by atoms with Crippen molar-refractivity contribution in [3.05, 3.63) is 45.6 Å². The fourth-order valence-electron chi connectivity index (χ4n) is 3.13. The van der Waals surface area contributed by atoms with E-state index in [-0.39, 0.29) is 11.5 Å². The number of fused-ring (bicyclic) bond motifs is 1. The van der Waals surface area contributed by atoms with E-state index in [4.69, 9.17) is 0 Å². The third kappa shape index (κ3) is 3.41. The minimum atomic E-state index is -0.150. The number of thioether (sulfide) groups is 1. The first-order valence-electron chi connectivity index (χ1n) is 8.61. The largest absolute Gasteiger partial charge is 0.342 e. The van der Waals surface area contributed by atoms with E-state index in [1.807, 2.05) is 41.5 Å². The molecule has 0 aliphatic carbocycles. The molecular formula is C19H19N3O2S2. The van der Waals surface area contributed by atoms with Crippen LogP contribution in [0.5, 0.6) is 0 Å². The SMILES string of the molecule is Cc1ccc(-c2csc3nc(SCC(=O)N4CCCC4)[nH]c(=O)c23)cc1. The number of nitrogens with zero attached hydrogens (tertiary/aromatic N) is 2. The van der Waals surface area contributed by atoms with Gasteiger partial charge in [0.1, 0.15) is 4.83 Å². The average Bonchev–Trinajstić information content (AvgIpc) is 3.30. The number of rotatable bonds is 4. The van der Waals surface area contributed by atoms with Crippen LogP contribution in [0.2, 0.25) is 0 Å². The molecule has 2 aromatic heterocycles. The highest BCUT2D eigenvalue weighted by atomic mass is 32.2. The summed E-state index contributed by atoms with van der Waals surface area (Å²) in [5, 5.41) is 3.10. The lowest BCUT2D eigenvalue weighted by molar-refractivity contribution is -0.127. The molecule has 3 heterocycles. The average molecular weight is 386 g/mol. The molecule has 1 amide bonds. The van der Waals surface area contributed by atoms with Crippen molar-refractivity contribution in [3.8, 4) is 11.1 Å². The number of nitrogens with one attached hydrogen (secondary N) is 1. The second-order valence-electron chi connectivity index (χ2n) is 6.44.